The molecule has 0 N–H and O–H groups in total. The molecule has 0 saturated carbocycles. The molecule has 156 valence electrons. The van der Waals surface area contributed by atoms with Crippen molar-refractivity contribution in [2.24, 2.45) is 0 Å². The Hall–Kier alpha value is -1.46. The van der Waals surface area contributed by atoms with Gasteiger partial charge in [0.15, 0.2) is 10.8 Å². The first-order valence-corrected chi connectivity index (χ1v) is 12.2. The molecule has 0 amide bonds. The minimum absolute atomic E-state index is 0.0678. The second kappa shape index (κ2) is 8.50. The molecule has 1 aromatic carbocycles. The van der Waals surface area contributed by atoms with Crippen LogP contribution in [0.1, 0.15) is 54.0 Å². The molecule has 0 fully saturated rings. The second-order valence-electron chi connectivity index (χ2n) is 8.79. The summed E-state index contributed by atoms with van der Waals surface area (Å²) < 4.78 is 7.16. The third kappa shape index (κ3) is 4.57. The van der Waals surface area contributed by atoms with Crippen molar-refractivity contribution in [3.8, 4) is 5.75 Å². The van der Waals surface area contributed by atoms with Crippen LogP contribution in [0.4, 0.5) is 0 Å². The van der Waals surface area contributed by atoms with Gasteiger partial charge in [-0.15, -0.1) is 0 Å². The topological polar surface area (TPSA) is 44.1 Å². The van der Waals surface area contributed by atoms with E-state index in [9.17, 15) is 4.79 Å². The molecule has 6 heteroatoms. The Morgan fingerprint density at radius 2 is 1.64 bits per heavy atom. The molecule has 0 radical (unpaired) electrons. The Morgan fingerprint density at radius 3 is 2.11 bits per heavy atom. The molecule has 2 rings (SSSR count). The van der Waals surface area contributed by atoms with Crippen LogP contribution in [0.25, 0.3) is 0 Å². The van der Waals surface area contributed by atoms with Gasteiger partial charge in [-0.25, -0.2) is 14.7 Å². The van der Waals surface area contributed by atoms with E-state index in [-0.39, 0.29) is 10.6 Å². The van der Waals surface area contributed by atoms with E-state index < -0.39 is 15.6 Å². The third-order valence-corrected chi connectivity index (χ3v) is 10.9. The van der Waals surface area contributed by atoms with Gasteiger partial charge in [-0.3, -0.25) is 4.79 Å². The quantitative estimate of drug-likeness (QED) is 0.584. The van der Waals surface area contributed by atoms with E-state index in [2.05, 4.69) is 63.3 Å². The molecule has 0 unspecified atom stereocenters. The van der Waals surface area contributed by atoms with Crippen molar-refractivity contribution in [2.75, 3.05) is 6.26 Å². The van der Waals surface area contributed by atoms with Gasteiger partial charge in [0.1, 0.15) is 6.61 Å². The smallest absolute Gasteiger partial charge is 0.289 e. The van der Waals surface area contributed by atoms with E-state index >= 15 is 0 Å². The van der Waals surface area contributed by atoms with Gasteiger partial charge in [-0.2, -0.15) is 5.10 Å². The van der Waals surface area contributed by atoms with Gasteiger partial charge >= 0.3 is 0 Å². The minimum Gasteiger partial charge on any atom is -0.485 e. The van der Waals surface area contributed by atoms with Crippen LogP contribution in [0.15, 0.2) is 40.2 Å². The van der Waals surface area contributed by atoms with E-state index in [0.717, 1.165) is 5.56 Å². The third-order valence-electron chi connectivity index (χ3n) is 5.31. The number of aromatic nitrogens is 2. The van der Waals surface area contributed by atoms with Crippen molar-refractivity contribution >= 4 is 21.6 Å². The molecule has 0 aliphatic heterocycles. The lowest BCUT2D eigenvalue weighted by Crippen LogP contribution is -2.36. The van der Waals surface area contributed by atoms with E-state index in [4.69, 9.17) is 16.3 Å². The maximum absolute atomic E-state index is 12.4. The number of halogens is 1. The van der Waals surface area contributed by atoms with Crippen molar-refractivity contribution in [2.45, 2.75) is 76.0 Å². The lowest BCUT2D eigenvalue weighted by molar-refractivity contribution is 0.292. The molecule has 0 aliphatic carbocycles. The largest absolute Gasteiger partial charge is 0.485 e. The van der Waals surface area contributed by atoms with Crippen molar-refractivity contribution < 1.29 is 4.74 Å². The zero-order chi connectivity index (χ0) is 21.3. The first-order chi connectivity index (χ1) is 12.9. The van der Waals surface area contributed by atoms with Gasteiger partial charge in [-0.05, 0) is 60.1 Å². The summed E-state index contributed by atoms with van der Waals surface area (Å²) in [5.41, 5.74) is 0.265. The number of nitrogens with zero attached hydrogens (tertiary/aromatic N) is 2. The van der Waals surface area contributed by atoms with Crippen molar-refractivity contribution in [1.82, 2.24) is 9.78 Å². The lowest BCUT2D eigenvalue weighted by Gasteiger charge is -2.44. The lowest BCUT2D eigenvalue weighted by atomic mass is 10.1. The van der Waals surface area contributed by atoms with Crippen molar-refractivity contribution in [3.05, 3.63) is 51.4 Å². The Kier molecular flexibility index (Phi) is 6.93. The highest BCUT2D eigenvalue weighted by atomic mass is 35.5. The fraction of sp³-hybridized carbons (Fsp3) is 0.545. The summed E-state index contributed by atoms with van der Waals surface area (Å²) in [7, 11) is -0.882. The summed E-state index contributed by atoms with van der Waals surface area (Å²) in [5, 5.41) is 5.51. The van der Waals surface area contributed by atoms with Gasteiger partial charge in [-0.1, -0.05) is 51.4 Å². The summed E-state index contributed by atoms with van der Waals surface area (Å²) in [5.74, 6) is 0.316. The van der Waals surface area contributed by atoms with E-state index in [1.807, 2.05) is 20.8 Å². The SMILES string of the molecule is CC(C)S(C)(c1ccc(COc2cnn(C(C)(C)C)c(=O)c2Cl)cc1)C(C)C. The number of hydrogen-bond donors (Lipinski definition) is 0. The maximum Gasteiger partial charge on any atom is 0.289 e. The molecule has 1 heterocycles. The summed E-state index contributed by atoms with van der Waals surface area (Å²) in [6.45, 7) is 15.3. The summed E-state index contributed by atoms with van der Waals surface area (Å²) >= 11 is 6.23. The average molecular weight is 425 g/mol. The molecule has 0 aliphatic rings. The van der Waals surface area contributed by atoms with Gasteiger partial charge in [0.25, 0.3) is 5.56 Å². The molecular formula is C22H33ClN2O2S. The van der Waals surface area contributed by atoms with E-state index in [0.29, 0.717) is 22.9 Å². The monoisotopic (exact) mass is 424 g/mol. The minimum atomic E-state index is -0.882. The number of hydrogen-bond acceptors (Lipinski definition) is 3. The van der Waals surface area contributed by atoms with Gasteiger partial charge < -0.3 is 4.74 Å². The molecule has 0 bridgehead atoms. The molecule has 2 aromatic rings. The Morgan fingerprint density at radius 1 is 1.11 bits per heavy atom. The summed E-state index contributed by atoms with van der Waals surface area (Å²) in [6.07, 6.45) is 3.92. The van der Waals surface area contributed by atoms with Crippen LogP contribution in [0, 0.1) is 0 Å². The predicted molar refractivity (Wildman–Crippen MR) is 121 cm³/mol. The normalized spacial score (nSPS) is 13.2. The highest BCUT2D eigenvalue weighted by molar-refractivity contribution is 8.34. The van der Waals surface area contributed by atoms with Crippen LogP contribution in [-0.4, -0.2) is 26.5 Å². The van der Waals surface area contributed by atoms with E-state index in [1.54, 1.807) is 0 Å². The molecule has 0 saturated heterocycles. The van der Waals surface area contributed by atoms with Gasteiger partial charge in [0.2, 0.25) is 0 Å². The average Bonchev–Trinajstić information content (AvgIpc) is 2.61. The summed E-state index contributed by atoms with van der Waals surface area (Å²) in [4.78, 5) is 13.8. The molecule has 28 heavy (non-hydrogen) atoms. The van der Waals surface area contributed by atoms with Crippen molar-refractivity contribution in [3.63, 3.8) is 0 Å². The first-order valence-electron chi connectivity index (χ1n) is 9.65. The molecule has 0 atom stereocenters. The highest BCUT2D eigenvalue weighted by Crippen LogP contribution is 2.60. The van der Waals surface area contributed by atoms with Crippen LogP contribution in [-0.2, 0) is 12.1 Å². The molecule has 0 spiro atoms. The van der Waals surface area contributed by atoms with Crippen molar-refractivity contribution in [1.29, 1.82) is 0 Å². The molecule has 4 nitrogen and oxygen atoms in total. The second-order valence-corrected chi connectivity index (χ2v) is 13.6. The van der Waals surface area contributed by atoms with Gasteiger partial charge in [0, 0.05) is 0 Å². The first kappa shape index (κ1) is 22.8. The number of benzene rings is 1. The Balaban J connectivity index is 2.19. The molecule has 1 aromatic heterocycles. The number of rotatable bonds is 6. The highest BCUT2D eigenvalue weighted by Gasteiger charge is 2.28. The van der Waals surface area contributed by atoms with Crippen LogP contribution in [0.2, 0.25) is 5.02 Å². The van der Waals surface area contributed by atoms with Crippen LogP contribution < -0.4 is 10.3 Å². The summed E-state index contributed by atoms with van der Waals surface area (Å²) in [6, 6.07) is 8.63. The fourth-order valence-electron chi connectivity index (χ4n) is 3.12. The fourth-order valence-corrected chi connectivity index (χ4v) is 6.21. The van der Waals surface area contributed by atoms with Crippen LogP contribution in [0.5, 0.6) is 5.75 Å². The Bertz CT molecular complexity index is 860. The molecular weight excluding hydrogens is 392 g/mol. The van der Waals surface area contributed by atoms with Crippen LogP contribution >= 0.6 is 21.6 Å². The predicted octanol–water partition coefficient (Wildman–Crippen LogP) is 5.84. The zero-order valence-corrected chi connectivity index (χ0v) is 19.8. The van der Waals surface area contributed by atoms with E-state index in [1.165, 1.54) is 15.8 Å². The van der Waals surface area contributed by atoms with Crippen LogP contribution in [0.3, 0.4) is 0 Å². The zero-order valence-electron chi connectivity index (χ0n) is 18.2. The van der Waals surface area contributed by atoms with Gasteiger partial charge in [0.05, 0.1) is 11.7 Å². The standard InChI is InChI=1S/C22H33ClN2O2S/c1-15(2)28(8,16(3)4)18-11-9-17(10-12-18)14-27-19-13-24-25(22(5,6)7)21(26)20(19)23/h9-13,15-16H,14H2,1-8H3. The maximum atomic E-state index is 12.4. The number of ether oxygens (including phenoxy) is 1. The Labute approximate surface area is 175 Å².